The molecule has 112 valence electrons. The zero-order valence-electron chi connectivity index (χ0n) is 12.8. The number of carbonyl (C=O) groups is 2. The van der Waals surface area contributed by atoms with Gasteiger partial charge in [0, 0.05) is 11.9 Å². The van der Waals surface area contributed by atoms with Gasteiger partial charge in [-0.25, -0.2) is 0 Å². The Morgan fingerprint density at radius 1 is 1.40 bits per heavy atom. The summed E-state index contributed by atoms with van der Waals surface area (Å²) in [6, 6.07) is 3.93. The lowest BCUT2D eigenvalue weighted by molar-refractivity contribution is -0.160. The highest BCUT2D eigenvalue weighted by Gasteiger charge is 2.40. The number of carbonyl (C=O) groups excluding carboxylic acids is 2. The van der Waals surface area contributed by atoms with Crippen LogP contribution in [0, 0.1) is 11.3 Å². The lowest BCUT2D eigenvalue weighted by Crippen LogP contribution is -2.44. The number of thiophene rings is 1. The summed E-state index contributed by atoms with van der Waals surface area (Å²) in [7, 11) is 1.72. The quantitative estimate of drug-likeness (QED) is 0.620. The van der Waals surface area contributed by atoms with Crippen LogP contribution in [0.1, 0.15) is 32.6 Å². The monoisotopic (exact) mass is 297 g/mol. The topological polar surface area (TPSA) is 46.6 Å². The van der Waals surface area contributed by atoms with E-state index in [9.17, 15) is 9.59 Å². The van der Waals surface area contributed by atoms with Crippen molar-refractivity contribution in [3.63, 3.8) is 0 Å². The van der Waals surface area contributed by atoms with E-state index in [1.807, 2.05) is 38.3 Å². The van der Waals surface area contributed by atoms with E-state index in [0.717, 1.165) is 4.88 Å². The van der Waals surface area contributed by atoms with E-state index in [-0.39, 0.29) is 12.5 Å². The van der Waals surface area contributed by atoms with Gasteiger partial charge in [0.15, 0.2) is 0 Å². The number of hydrogen-bond donors (Lipinski definition) is 0. The summed E-state index contributed by atoms with van der Waals surface area (Å²) >= 11 is 1.60. The maximum absolute atomic E-state index is 12.6. The molecule has 0 aromatic carbocycles. The van der Waals surface area contributed by atoms with Gasteiger partial charge in [0.25, 0.3) is 0 Å². The Morgan fingerprint density at radius 3 is 2.50 bits per heavy atom. The van der Waals surface area contributed by atoms with Gasteiger partial charge in [-0.2, -0.15) is 0 Å². The van der Waals surface area contributed by atoms with Crippen molar-refractivity contribution >= 4 is 23.2 Å². The molecule has 1 rings (SSSR count). The summed E-state index contributed by atoms with van der Waals surface area (Å²) in [5, 5.41) is 1.97. The van der Waals surface area contributed by atoms with Gasteiger partial charge < -0.3 is 9.64 Å². The fraction of sp³-hybridized carbons (Fsp3) is 0.600. The molecule has 0 N–H and O–H groups in total. The molecule has 0 saturated carbocycles. The SMILES string of the molecule is CCOC(=O)C(C(=O)N(C)Cc1cccs1)C(C)(C)C. The van der Waals surface area contributed by atoms with Crippen LogP contribution in [0.25, 0.3) is 0 Å². The Morgan fingerprint density at radius 2 is 2.05 bits per heavy atom. The van der Waals surface area contributed by atoms with Crippen molar-refractivity contribution in [2.24, 2.45) is 11.3 Å². The standard InChI is InChI=1S/C15H23NO3S/c1-6-19-14(18)12(15(2,3)4)13(17)16(5)10-11-8-7-9-20-11/h7-9,12H,6,10H2,1-5H3. The molecule has 0 saturated heterocycles. The van der Waals surface area contributed by atoms with E-state index in [1.165, 1.54) is 0 Å². The fourth-order valence-corrected chi connectivity index (χ4v) is 2.74. The summed E-state index contributed by atoms with van der Waals surface area (Å²) in [4.78, 5) is 27.3. The van der Waals surface area contributed by atoms with Crippen LogP contribution in [0.2, 0.25) is 0 Å². The molecule has 0 aliphatic carbocycles. The van der Waals surface area contributed by atoms with Gasteiger partial charge in [0.2, 0.25) is 5.91 Å². The molecule has 1 aromatic heterocycles. The van der Waals surface area contributed by atoms with Crippen LogP contribution in [0.5, 0.6) is 0 Å². The average Bonchev–Trinajstić information content (AvgIpc) is 2.80. The van der Waals surface area contributed by atoms with E-state index < -0.39 is 17.3 Å². The highest BCUT2D eigenvalue weighted by Crippen LogP contribution is 2.29. The Bertz CT molecular complexity index is 448. The molecule has 0 spiro atoms. The Balaban J connectivity index is 2.84. The van der Waals surface area contributed by atoms with Gasteiger partial charge in [0.05, 0.1) is 13.2 Å². The molecular formula is C15H23NO3S. The first-order valence-corrected chi connectivity index (χ1v) is 7.59. The van der Waals surface area contributed by atoms with E-state index in [1.54, 1.807) is 30.2 Å². The third kappa shape index (κ3) is 4.34. The molecule has 20 heavy (non-hydrogen) atoms. The average molecular weight is 297 g/mol. The van der Waals surface area contributed by atoms with E-state index >= 15 is 0 Å². The van der Waals surface area contributed by atoms with Gasteiger partial charge in [0.1, 0.15) is 5.92 Å². The minimum absolute atomic E-state index is 0.190. The lowest BCUT2D eigenvalue weighted by Gasteiger charge is -2.31. The van der Waals surface area contributed by atoms with Crippen molar-refractivity contribution in [1.82, 2.24) is 4.90 Å². The van der Waals surface area contributed by atoms with Crippen LogP contribution in [0.4, 0.5) is 0 Å². The minimum atomic E-state index is -0.771. The lowest BCUT2D eigenvalue weighted by atomic mass is 9.80. The van der Waals surface area contributed by atoms with E-state index in [2.05, 4.69) is 0 Å². The van der Waals surface area contributed by atoms with Gasteiger partial charge in [-0.1, -0.05) is 26.8 Å². The molecule has 1 amide bonds. The van der Waals surface area contributed by atoms with E-state index in [4.69, 9.17) is 4.74 Å². The fourth-order valence-electron chi connectivity index (χ4n) is 1.98. The highest BCUT2D eigenvalue weighted by atomic mass is 32.1. The minimum Gasteiger partial charge on any atom is -0.465 e. The van der Waals surface area contributed by atoms with Crippen LogP contribution in [-0.2, 0) is 20.9 Å². The second-order valence-electron chi connectivity index (χ2n) is 5.82. The zero-order chi connectivity index (χ0) is 15.3. The van der Waals surface area contributed by atoms with Gasteiger partial charge >= 0.3 is 5.97 Å². The van der Waals surface area contributed by atoms with Crippen LogP contribution in [-0.4, -0.2) is 30.4 Å². The molecule has 5 heteroatoms. The number of hydrogen-bond acceptors (Lipinski definition) is 4. The number of nitrogens with zero attached hydrogens (tertiary/aromatic N) is 1. The maximum Gasteiger partial charge on any atom is 0.319 e. The number of amides is 1. The third-order valence-electron chi connectivity index (χ3n) is 2.98. The number of rotatable bonds is 5. The summed E-state index contributed by atoms with van der Waals surface area (Å²) in [5.74, 6) is -1.40. The van der Waals surface area contributed by atoms with Crippen LogP contribution in [0.3, 0.4) is 0 Å². The molecule has 4 nitrogen and oxygen atoms in total. The maximum atomic E-state index is 12.6. The Hall–Kier alpha value is -1.36. The molecule has 1 unspecified atom stereocenters. The summed E-state index contributed by atoms with van der Waals surface area (Å²) in [6.45, 7) is 8.19. The normalized spacial score (nSPS) is 12.8. The second-order valence-corrected chi connectivity index (χ2v) is 6.86. The van der Waals surface area contributed by atoms with Crippen molar-refractivity contribution < 1.29 is 14.3 Å². The first-order valence-electron chi connectivity index (χ1n) is 6.71. The summed E-state index contributed by atoms with van der Waals surface area (Å²) in [6.07, 6.45) is 0. The van der Waals surface area contributed by atoms with Crippen LogP contribution >= 0.6 is 11.3 Å². The number of esters is 1. The Kier molecular flexibility index (Phi) is 5.74. The second kappa shape index (κ2) is 6.88. The van der Waals surface area contributed by atoms with Gasteiger partial charge in [-0.05, 0) is 23.8 Å². The van der Waals surface area contributed by atoms with Crippen molar-refractivity contribution in [3.05, 3.63) is 22.4 Å². The number of ether oxygens (including phenoxy) is 1. The Labute approximate surface area is 124 Å². The van der Waals surface area contributed by atoms with Crippen LogP contribution < -0.4 is 0 Å². The first kappa shape index (κ1) is 16.7. The predicted molar refractivity (Wildman–Crippen MR) is 80.4 cm³/mol. The highest BCUT2D eigenvalue weighted by molar-refractivity contribution is 7.09. The van der Waals surface area contributed by atoms with E-state index in [0.29, 0.717) is 6.54 Å². The van der Waals surface area contributed by atoms with Crippen molar-refractivity contribution in [2.75, 3.05) is 13.7 Å². The molecule has 0 fully saturated rings. The first-order chi connectivity index (χ1) is 9.27. The van der Waals surface area contributed by atoms with Gasteiger partial charge in [-0.15, -0.1) is 11.3 Å². The van der Waals surface area contributed by atoms with Crippen molar-refractivity contribution in [2.45, 2.75) is 34.2 Å². The zero-order valence-corrected chi connectivity index (χ0v) is 13.6. The molecule has 1 aromatic rings. The van der Waals surface area contributed by atoms with Crippen molar-refractivity contribution in [3.8, 4) is 0 Å². The smallest absolute Gasteiger partial charge is 0.319 e. The molecule has 0 aliphatic heterocycles. The third-order valence-corrected chi connectivity index (χ3v) is 3.85. The molecule has 0 aliphatic rings. The molecule has 1 heterocycles. The summed E-state index contributed by atoms with van der Waals surface area (Å²) in [5.41, 5.74) is -0.465. The van der Waals surface area contributed by atoms with Crippen LogP contribution in [0.15, 0.2) is 17.5 Å². The van der Waals surface area contributed by atoms with Crippen molar-refractivity contribution in [1.29, 1.82) is 0 Å². The summed E-state index contributed by atoms with van der Waals surface area (Å²) < 4.78 is 5.05. The molecule has 0 radical (unpaired) electrons. The largest absolute Gasteiger partial charge is 0.465 e. The molecular weight excluding hydrogens is 274 g/mol. The molecule has 1 atom stereocenters. The molecule has 0 bridgehead atoms. The predicted octanol–water partition coefficient (Wildman–Crippen LogP) is 2.93. The van der Waals surface area contributed by atoms with Gasteiger partial charge in [-0.3, -0.25) is 9.59 Å².